The van der Waals surface area contributed by atoms with Crippen molar-refractivity contribution in [1.82, 2.24) is 4.90 Å². The number of benzene rings is 1. The first-order valence-corrected chi connectivity index (χ1v) is 6.48. The van der Waals surface area contributed by atoms with Gasteiger partial charge in [-0.15, -0.1) is 0 Å². The minimum Gasteiger partial charge on any atom is -0.293 e. The zero-order valence-electron chi connectivity index (χ0n) is 10.1. The van der Waals surface area contributed by atoms with E-state index in [4.69, 9.17) is 16.9 Å². The average molecular weight is 263 g/mol. The fraction of sp³-hybridized carbons (Fsp3) is 0.429. The lowest BCUT2D eigenvalue weighted by atomic mass is 10.1. The van der Waals surface area contributed by atoms with Crippen LogP contribution in [0.5, 0.6) is 0 Å². The fourth-order valence-corrected chi connectivity index (χ4v) is 2.15. The lowest BCUT2D eigenvalue weighted by Crippen LogP contribution is -2.32. The van der Waals surface area contributed by atoms with Crippen LogP contribution in [-0.4, -0.2) is 29.8 Å². The number of hydrogen-bond acceptors (Lipinski definition) is 3. The molecule has 4 heteroatoms. The van der Waals surface area contributed by atoms with Crippen LogP contribution < -0.4 is 0 Å². The van der Waals surface area contributed by atoms with E-state index < -0.39 is 0 Å². The number of ketones is 1. The molecule has 18 heavy (non-hydrogen) atoms. The van der Waals surface area contributed by atoms with E-state index in [0.29, 0.717) is 36.1 Å². The first-order valence-electron chi connectivity index (χ1n) is 6.10. The Morgan fingerprint density at radius 2 is 2.28 bits per heavy atom. The van der Waals surface area contributed by atoms with E-state index in [1.165, 1.54) is 0 Å². The third kappa shape index (κ3) is 3.56. The molecule has 0 atom stereocenters. The van der Waals surface area contributed by atoms with Crippen molar-refractivity contribution in [3.63, 3.8) is 0 Å². The number of nitrogens with zero attached hydrogens (tertiary/aromatic N) is 2. The molecule has 94 valence electrons. The highest BCUT2D eigenvalue weighted by Gasteiger charge is 2.29. The summed E-state index contributed by atoms with van der Waals surface area (Å²) in [5.74, 6) is 0.0716. The van der Waals surface area contributed by atoms with Gasteiger partial charge in [0.05, 0.1) is 12.6 Å². The van der Waals surface area contributed by atoms with Crippen LogP contribution in [0.25, 0.3) is 0 Å². The lowest BCUT2D eigenvalue weighted by molar-refractivity contribution is 0.0926. The number of hydrogen-bond donors (Lipinski definition) is 0. The maximum atomic E-state index is 12.1. The molecule has 0 heterocycles. The second-order valence-electron chi connectivity index (χ2n) is 4.54. The largest absolute Gasteiger partial charge is 0.293 e. The molecule has 0 aliphatic heterocycles. The molecule has 0 radical (unpaired) electrons. The Morgan fingerprint density at radius 3 is 2.89 bits per heavy atom. The standard InChI is InChI=1S/C14H15ClN2O/c15-12-4-1-3-11(9-12)14(18)10-17(8-2-7-16)13-5-6-13/h1,3-4,9,13H,2,5-6,8,10H2. The molecular weight excluding hydrogens is 248 g/mol. The molecule has 0 bridgehead atoms. The zero-order valence-corrected chi connectivity index (χ0v) is 10.9. The van der Waals surface area contributed by atoms with E-state index in [1.807, 2.05) is 0 Å². The molecule has 0 saturated heterocycles. The van der Waals surface area contributed by atoms with Crippen molar-refractivity contribution < 1.29 is 4.79 Å². The van der Waals surface area contributed by atoms with Crippen molar-refractivity contribution in [3.05, 3.63) is 34.9 Å². The normalized spacial score (nSPS) is 14.5. The Kier molecular flexibility index (Phi) is 4.35. The quantitative estimate of drug-likeness (QED) is 0.741. The van der Waals surface area contributed by atoms with Crippen LogP contribution in [0.1, 0.15) is 29.6 Å². The first-order chi connectivity index (χ1) is 8.70. The van der Waals surface area contributed by atoms with Crippen LogP contribution >= 0.6 is 11.6 Å². The highest BCUT2D eigenvalue weighted by Crippen LogP contribution is 2.27. The molecule has 0 N–H and O–H groups in total. The van der Waals surface area contributed by atoms with Gasteiger partial charge >= 0.3 is 0 Å². The van der Waals surface area contributed by atoms with Gasteiger partial charge < -0.3 is 0 Å². The summed E-state index contributed by atoms with van der Waals surface area (Å²) in [7, 11) is 0. The number of carbonyl (C=O) groups is 1. The molecule has 2 rings (SSSR count). The van der Waals surface area contributed by atoms with Crippen LogP contribution in [0.3, 0.4) is 0 Å². The van der Waals surface area contributed by atoms with Crippen LogP contribution in [0.2, 0.25) is 5.02 Å². The molecule has 1 aliphatic rings. The highest BCUT2D eigenvalue weighted by molar-refractivity contribution is 6.31. The van der Waals surface area contributed by atoms with Crippen molar-refractivity contribution in [1.29, 1.82) is 5.26 Å². The third-order valence-corrected chi connectivity index (χ3v) is 3.30. The Morgan fingerprint density at radius 1 is 1.50 bits per heavy atom. The molecule has 3 nitrogen and oxygen atoms in total. The van der Waals surface area contributed by atoms with E-state index in [2.05, 4.69) is 11.0 Å². The monoisotopic (exact) mass is 262 g/mol. The first kappa shape index (κ1) is 13.1. The minimum absolute atomic E-state index is 0.0716. The van der Waals surface area contributed by atoms with Gasteiger partial charge in [0.25, 0.3) is 0 Å². The molecule has 0 amide bonds. The molecule has 1 aromatic carbocycles. The number of nitriles is 1. The molecule has 0 aromatic heterocycles. The summed E-state index contributed by atoms with van der Waals surface area (Å²) in [6, 6.07) is 9.63. The Hall–Kier alpha value is -1.37. The van der Waals surface area contributed by atoms with Crippen molar-refractivity contribution in [2.75, 3.05) is 13.1 Å². The molecule has 0 spiro atoms. The van der Waals surface area contributed by atoms with Gasteiger partial charge in [-0.2, -0.15) is 5.26 Å². The third-order valence-electron chi connectivity index (χ3n) is 3.07. The summed E-state index contributed by atoms with van der Waals surface area (Å²) in [6.07, 6.45) is 2.74. The SMILES string of the molecule is N#CCCN(CC(=O)c1cccc(Cl)c1)C1CC1. The van der Waals surface area contributed by atoms with Crippen LogP contribution in [0.4, 0.5) is 0 Å². The van der Waals surface area contributed by atoms with Crippen molar-refractivity contribution >= 4 is 17.4 Å². The van der Waals surface area contributed by atoms with E-state index in [-0.39, 0.29) is 5.78 Å². The van der Waals surface area contributed by atoms with E-state index in [9.17, 15) is 4.79 Å². The summed E-state index contributed by atoms with van der Waals surface area (Å²) in [4.78, 5) is 14.2. The van der Waals surface area contributed by atoms with Gasteiger partial charge in [-0.25, -0.2) is 0 Å². The maximum Gasteiger partial charge on any atom is 0.176 e. The average Bonchev–Trinajstić information content (AvgIpc) is 3.18. The second-order valence-corrected chi connectivity index (χ2v) is 4.98. The molecule has 1 fully saturated rings. The van der Waals surface area contributed by atoms with Crippen LogP contribution in [0, 0.1) is 11.3 Å². The lowest BCUT2D eigenvalue weighted by Gasteiger charge is -2.19. The number of carbonyl (C=O) groups excluding carboxylic acids is 1. The van der Waals surface area contributed by atoms with E-state index >= 15 is 0 Å². The van der Waals surface area contributed by atoms with Crippen molar-refractivity contribution in [3.8, 4) is 6.07 Å². The summed E-state index contributed by atoms with van der Waals surface area (Å²) in [6.45, 7) is 1.06. The number of halogens is 1. The fourth-order valence-electron chi connectivity index (χ4n) is 1.96. The smallest absolute Gasteiger partial charge is 0.176 e. The molecule has 1 aliphatic carbocycles. The van der Waals surface area contributed by atoms with Gasteiger partial charge in [0.15, 0.2) is 5.78 Å². The van der Waals surface area contributed by atoms with Gasteiger partial charge in [0.1, 0.15) is 0 Å². The summed E-state index contributed by atoms with van der Waals surface area (Å²) in [5, 5.41) is 9.21. The highest BCUT2D eigenvalue weighted by atomic mass is 35.5. The molecule has 0 unspecified atom stereocenters. The Labute approximate surface area is 112 Å². The van der Waals surface area contributed by atoms with Gasteiger partial charge in [0.2, 0.25) is 0 Å². The predicted molar refractivity (Wildman–Crippen MR) is 70.6 cm³/mol. The Bertz CT molecular complexity index is 477. The summed E-state index contributed by atoms with van der Waals surface area (Å²) in [5.41, 5.74) is 0.644. The van der Waals surface area contributed by atoms with E-state index in [0.717, 1.165) is 12.8 Å². The number of Topliss-reactive ketones (excluding diaryl/α,β-unsaturated/α-hetero) is 1. The maximum absolute atomic E-state index is 12.1. The van der Waals surface area contributed by atoms with Gasteiger partial charge in [-0.1, -0.05) is 23.7 Å². The van der Waals surface area contributed by atoms with Crippen molar-refractivity contribution in [2.45, 2.75) is 25.3 Å². The summed E-state index contributed by atoms with van der Waals surface area (Å²) >= 11 is 5.88. The number of rotatable bonds is 6. The molecule has 1 saturated carbocycles. The van der Waals surface area contributed by atoms with Gasteiger partial charge in [0, 0.05) is 29.6 Å². The van der Waals surface area contributed by atoms with Gasteiger partial charge in [-0.3, -0.25) is 9.69 Å². The Balaban J connectivity index is 1.98. The predicted octanol–water partition coefficient (Wildman–Crippen LogP) is 2.90. The summed E-state index contributed by atoms with van der Waals surface area (Å²) < 4.78 is 0. The zero-order chi connectivity index (χ0) is 13.0. The minimum atomic E-state index is 0.0716. The van der Waals surface area contributed by atoms with E-state index in [1.54, 1.807) is 24.3 Å². The topological polar surface area (TPSA) is 44.1 Å². The molecule has 1 aromatic rings. The second kappa shape index (κ2) is 5.99. The van der Waals surface area contributed by atoms with Crippen LogP contribution in [-0.2, 0) is 0 Å². The molecular formula is C14H15ClN2O. The van der Waals surface area contributed by atoms with Crippen molar-refractivity contribution in [2.24, 2.45) is 0 Å². The van der Waals surface area contributed by atoms with Gasteiger partial charge in [-0.05, 0) is 25.0 Å². The van der Waals surface area contributed by atoms with Crippen LogP contribution in [0.15, 0.2) is 24.3 Å².